The molecule has 0 radical (unpaired) electrons. The molecule has 2 aromatic carbocycles. The number of piperidine rings is 1. The molecule has 0 bridgehead atoms. The van der Waals surface area contributed by atoms with Crippen LogP contribution in [0.3, 0.4) is 0 Å². The van der Waals surface area contributed by atoms with Crippen LogP contribution in [0.25, 0.3) is 5.69 Å². The third-order valence-electron chi connectivity index (χ3n) is 5.79. The predicted octanol–water partition coefficient (Wildman–Crippen LogP) is 3.65. The number of carbonyl (C=O) groups excluding carboxylic acids is 1. The molecule has 1 aromatic heterocycles. The first kappa shape index (κ1) is 19.4. The highest BCUT2D eigenvalue weighted by Gasteiger charge is 2.27. The average Bonchev–Trinajstić information content (AvgIpc) is 3.32. The van der Waals surface area contributed by atoms with Crippen molar-refractivity contribution in [2.75, 3.05) is 26.7 Å². The molecule has 5 nitrogen and oxygen atoms in total. The Kier molecular flexibility index (Phi) is 6.06. The number of likely N-dealkylation sites (tertiary alicyclic amines) is 1. The molecule has 0 spiro atoms. The number of amides is 1. The van der Waals surface area contributed by atoms with E-state index in [1.807, 2.05) is 48.5 Å². The quantitative estimate of drug-likeness (QED) is 0.647. The molecule has 1 aliphatic heterocycles. The maximum Gasteiger partial charge on any atom is 0.256 e. The van der Waals surface area contributed by atoms with Gasteiger partial charge in [-0.2, -0.15) is 5.10 Å². The second-order valence-electron chi connectivity index (χ2n) is 7.72. The molecule has 0 saturated carbocycles. The van der Waals surface area contributed by atoms with Gasteiger partial charge >= 0.3 is 0 Å². The Labute approximate surface area is 172 Å². The molecule has 3 aromatic rings. The largest absolute Gasteiger partial charge is 0.337 e. The minimum absolute atomic E-state index is 0.0611. The van der Waals surface area contributed by atoms with Gasteiger partial charge in [-0.1, -0.05) is 42.5 Å². The van der Waals surface area contributed by atoms with Gasteiger partial charge in [-0.15, -0.1) is 0 Å². The Bertz CT molecular complexity index is 923. The molecule has 1 atom stereocenters. The monoisotopic (exact) mass is 388 g/mol. The summed E-state index contributed by atoms with van der Waals surface area (Å²) in [4.78, 5) is 17.7. The summed E-state index contributed by atoms with van der Waals surface area (Å²) in [6.45, 7) is 3.07. The van der Waals surface area contributed by atoms with Gasteiger partial charge in [-0.25, -0.2) is 4.68 Å². The molecule has 0 unspecified atom stereocenters. The van der Waals surface area contributed by atoms with Gasteiger partial charge in [0.15, 0.2) is 0 Å². The molecule has 29 heavy (non-hydrogen) atoms. The highest BCUT2D eigenvalue weighted by molar-refractivity contribution is 5.97. The number of aromatic nitrogens is 2. The molecule has 4 rings (SSSR count). The van der Waals surface area contributed by atoms with Crippen LogP contribution in [0.5, 0.6) is 0 Å². The molecule has 150 valence electrons. The van der Waals surface area contributed by atoms with Crippen LogP contribution in [0.1, 0.15) is 28.8 Å². The molecule has 2 heterocycles. The number of rotatable bonds is 6. The maximum atomic E-state index is 13.3. The van der Waals surface area contributed by atoms with Gasteiger partial charge in [0.05, 0.1) is 11.3 Å². The van der Waals surface area contributed by atoms with E-state index in [1.165, 1.54) is 5.56 Å². The topological polar surface area (TPSA) is 41.4 Å². The predicted molar refractivity (Wildman–Crippen MR) is 115 cm³/mol. The van der Waals surface area contributed by atoms with Crippen LogP contribution in [-0.2, 0) is 6.42 Å². The zero-order chi connectivity index (χ0) is 20.1. The maximum absolute atomic E-state index is 13.3. The van der Waals surface area contributed by atoms with E-state index in [1.54, 1.807) is 10.9 Å². The van der Waals surface area contributed by atoms with E-state index >= 15 is 0 Å². The fourth-order valence-corrected chi connectivity index (χ4v) is 4.10. The zero-order valence-corrected chi connectivity index (χ0v) is 16.9. The van der Waals surface area contributed by atoms with Crippen LogP contribution in [0.4, 0.5) is 0 Å². The summed E-state index contributed by atoms with van der Waals surface area (Å²) in [7, 11) is 1.94. The molecule has 1 fully saturated rings. The number of hydrogen-bond donors (Lipinski definition) is 0. The second-order valence-corrected chi connectivity index (χ2v) is 7.72. The van der Waals surface area contributed by atoms with Crippen LogP contribution in [-0.4, -0.2) is 58.2 Å². The normalized spacial score (nSPS) is 17.2. The summed E-state index contributed by atoms with van der Waals surface area (Å²) in [6.07, 6.45) is 6.83. The van der Waals surface area contributed by atoms with E-state index in [0.29, 0.717) is 5.56 Å². The third kappa shape index (κ3) is 4.57. The minimum atomic E-state index is 0.0611. The summed E-state index contributed by atoms with van der Waals surface area (Å²) in [5.74, 6) is 0.0611. The molecule has 0 N–H and O–H groups in total. The summed E-state index contributed by atoms with van der Waals surface area (Å²) in [5, 5.41) is 4.30. The lowest BCUT2D eigenvalue weighted by molar-refractivity contribution is 0.0619. The number of para-hydroxylation sites is 1. The van der Waals surface area contributed by atoms with Crippen molar-refractivity contribution in [1.82, 2.24) is 19.6 Å². The highest BCUT2D eigenvalue weighted by atomic mass is 16.2. The lowest BCUT2D eigenvalue weighted by Gasteiger charge is -2.38. The minimum Gasteiger partial charge on any atom is -0.337 e. The molecular formula is C24H28N4O. The zero-order valence-electron chi connectivity index (χ0n) is 16.9. The van der Waals surface area contributed by atoms with Gasteiger partial charge in [-0.3, -0.25) is 4.79 Å². The van der Waals surface area contributed by atoms with Crippen LogP contribution < -0.4 is 0 Å². The second kappa shape index (κ2) is 9.05. The fourth-order valence-electron chi connectivity index (χ4n) is 4.10. The number of hydrogen-bond acceptors (Lipinski definition) is 3. The summed E-state index contributed by atoms with van der Waals surface area (Å²) in [5.41, 5.74) is 2.89. The Morgan fingerprint density at radius 3 is 2.69 bits per heavy atom. The van der Waals surface area contributed by atoms with Crippen LogP contribution in [0.2, 0.25) is 0 Å². The molecule has 1 saturated heterocycles. The van der Waals surface area contributed by atoms with Gasteiger partial charge < -0.3 is 9.80 Å². The smallest absolute Gasteiger partial charge is 0.256 e. The first-order valence-corrected chi connectivity index (χ1v) is 10.3. The average molecular weight is 389 g/mol. The molecular weight excluding hydrogens is 360 g/mol. The summed E-state index contributed by atoms with van der Waals surface area (Å²) < 4.78 is 1.76. The lowest BCUT2D eigenvalue weighted by Crippen LogP contribution is -2.49. The van der Waals surface area contributed by atoms with Gasteiger partial charge in [0.2, 0.25) is 0 Å². The first-order valence-electron chi connectivity index (χ1n) is 10.3. The van der Waals surface area contributed by atoms with E-state index < -0.39 is 0 Å². The number of nitrogens with zero attached hydrogens (tertiary/aromatic N) is 4. The van der Waals surface area contributed by atoms with Gasteiger partial charge in [0.1, 0.15) is 0 Å². The van der Waals surface area contributed by atoms with Crippen molar-refractivity contribution in [3.05, 3.63) is 84.2 Å². The van der Waals surface area contributed by atoms with E-state index in [0.717, 1.165) is 44.6 Å². The SMILES string of the molecule is CN(C(=O)c1ccccc1-n1cccn1)[C@@H]1CCCN(CCc2ccccc2)C1. The highest BCUT2D eigenvalue weighted by Crippen LogP contribution is 2.21. The Morgan fingerprint density at radius 2 is 1.90 bits per heavy atom. The van der Waals surface area contributed by atoms with Crippen molar-refractivity contribution in [2.45, 2.75) is 25.3 Å². The van der Waals surface area contributed by atoms with Crippen molar-refractivity contribution in [2.24, 2.45) is 0 Å². The van der Waals surface area contributed by atoms with Gasteiger partial charge in [-0.05, 0) is 49.6 Å². The Morgan fingerprint density at radius 1 is 1.10 bits per heavy atom. The van der Waals surface area contributed by atoms with Crippen molar-refractivity contribution in [1.29, 1.82) is 0 Å². The van der Waals surface area contributed by atoms with E-state index in [4.69, 9.17) is 0 Å². The van der Waals surface area contributed by atoms with Crippen LogP contribution in [0.15, 0.2) is 73.1 Å². The third-order valence-corrected chi connectivity index (χ3v) is 5.79. The standard InChI is InChI=1S/C24H28N4O/c1-26(24(29)22-12-5-6-13-23(22)28-17-8-15-25-28)21-11-7-16-27(19-21)18-14-20-9-3-2-4-10-20/h2-6,8-10,12-13,15,17,21H,7,11,14,16,18-19H2,1H3/t21-/m1/s1. The summed E-state index contributed by atoms with van der Waals surface area (Å²) in [6, 6.07) is 20.4. The molecule has 0 aliphatic carbocycles. The van der Waals surface area contributed by atoms with Crippen LogP contribution >= 0.6 is 0 Å². The van der Waals surface area contributed by atoms with Crippen molar-refractivity contribution < 1.29 is 4.79 Å². The molecule has 5 heteroatoms. The number of likely N-dealkylation sites (N-methyl/N-ethyl adjacent to an activating group) is 1. The van der Waals surface area contributed by atoms with Crippen LogP contribution in [0, 0.1) is 0 Å². The lowest BCUT2D eigenvalue weighted by atomic mass is 10.0. The number of carbonyl (C=O) groups is 1. The van der Waals surface area contributed by atoms with Gasteiger partial charge in [0.25, 0.3) is 5.91 Å². The van der Waals surface area contributed by atoms with E-state index in [-0.39, 0.29) is 11.9 Å². The van der Waals surface area contributed by atoms with E-state index in [2.05, 4.69) is 40.3 Å². The Hall–Kier alpha value is -2.92. The van der Waals surface area contributed by atoms with Crippen molar-refractivity contribution >= 4 is 5.91 Å². The molecule has 1 amide bonds. The fraction of sp³-hybridized carbons (Fsp3) is 0.333. The van der Waals surface area contributed by atoms with Crippen molar-refractivity contribution in [3.63, 3.8) is 0 Å². The van der Waals surface area contributed by atoms with Crippen molar-refractivity contribution in [3.8, 4) is 5.69 Å². The van der Waals surface area contributed by atoms with E-state index in [9.17, 15) is 4.79 Å². The molecule has 1 aliphatic rings. The van der Waals surface area contributed by atoms with Gasteiger partial charge in [0, 0.05) is 38.6 Å². The summed E-state index contributed by atoms with van der Waals surface area (Å²) >= 11 is 0. The Balaban J connectivity index is 1.43. The first-order chi connectivity index (χ1) is 14.2. The number of benzene rings is 2.